The van der Waals surface area contributed by atoms with Gasteiger partial charge in [0.2, 0.25) is 5.91 Å². The molecule has 0 aliphatic rings. The number of amides is 1. The Morgan fingerprint density at radius 3 is 2.67 bits per heavy atom. The second kappa shape index (κ2) is 5.53. The molecule has 0 unspecified atom stereocenters. The third-order valence-corrected chi connectivity index (χ3v) is 3.50. The summed E-state index contributed by atoms with van der Waals surface area (Å²) < 4.78 is 2.99. The lowest BCUT2D eigenvalue weighted by Gasteiger charge is -2.06. The molecule has 0 spiro atoms. The second-order valence-electron chi connectivity index (χ2n) is 3.59. The highest BCUT2D eigenvalue weighted by Gasteiger charge is 2.08. The summed E-state index contributed by atoms with van der Waals surface area (Å²) in [5.41, 5.74) is 6.30. The monoisotopic (exact) mass is 372 g/mol. The topological polar surface area (TPSA) is 72.9 Å². The number of nitrogens with zero attached hydrogens (tertiary/aromatic N) is 2. The van der Waals surface area contributed by atoms with Gasteiger partial charge in [0.15, 0.2) is 5.82 Å². The van der Waals surface area contributed by atoms with Crippen LogP contribution in [0.2, 0.25) is 0 Å². The fourth-order valence-corrected chi connectivity index (χ4v) is 2.09. The molecule has 5 nitrogen and oxygen atoms in total. The summed E-state index contributed by atoms with van der Waals surface area (Å²) in [5.74, 6) is 0.195. The van der Waals surface area contributed by atoms with Crippen molar-refractivity contribution in [2.75, 3.05) is 11.1 Å². The van der Waals surface area contributed by atoms with Crippen molar-refractivity contribution in [3.8, 4) is 0 Å². The zero-order valence-electron chi connectivity index (χ0n) is 9.23. The van der Waals surface area contributed by atoms with Crippen LogP contribution in [-0.4, -0.2) is 15.7 Å². The number of anilines is 2. The maximum atomic E-state index is 11.8. The summed E-state index contributed by atoms with van der Waals surface area (Å²) in [6, 6.07) is 7.40. The van der Waals surface area contributed by atoms with Crippen LogP contribution in [0.5, 0.6) is 0 Å². The smallest absolute Gasteiger partial charge is 0.246 e. The van der Waals surface area contributed by atoms with Gasteiger partial charge in [0, 0.05) is 10.7 Å². The number of aromatic nitrogens is 2. The summed E-state index contributed by atoms with van der Waals surface area (Å²) in [4.78, 5) is 11.8. The zero-order chi connectivity index (χ0) is 13.1. The fraction of sp³-hybridized carbons (Fsp3) is 0.0909. The van der Waals surface area contributed by atoms with Crippen molar-refractivity contribution < 1.29 is 4.79 Å². The summed E-state index contributed by atoms with van der Waals surface area (Å²) in [6.07, 6.45) is 1.66. The first-order chi connectivity index (χ1) is 8.56. The van der Waals surface area contributed by atoms with Crippen molar-refractivity contribution in [3.05, 3.63) is 39.4 Å². The lowest BCUT2D eigenvalue weighted by molar-refractivity contribution is -0.116. The molecule has 0 fully saturated rings. The molecule has 1 amide bonds. The Labute approximate surface area is 121 Å². The minimum atomic E-state index is -0.170. The number of benzene rings is 1. The van der Waals surface area contributed by atoms with Crippen molar-refractivity contribution >= 4 is 49.3 Å². The molecule has 0 bridgehead atoms. The third-order valence-electron chi connectivity index (χ3n) is 2.20. The van der Waals surface area contributed by atoms with E-state index in [0.29, 0.717) is 10.3 Å². The minimum absolute atomic E-state index is 0.108. The molecule has 0 saturated carbocycles. The van der Waals surface area contributed by atoms with Gasteiger partial charge in [0.1, 0.15) is 6.54 Å². The third kappa shape index (κ3) is 3.11. The highest BCUT2D eigenvalue weighted by atomic mass is 79.9. The van der Waals surface area contributed by atoms with Crippen molar-refractivity contribution in [2.24, 2.45) is 0 Å². The number of carbonyl (C=O) groups is 1. The highest BCUT2D eigenvalue weighted by molar-refractivity contribution is 9.11. The summed E-state index contributed by atoms with van der Waals surface area (Å²) >= 11 is 6.60. The van der Waals surface area contributed by atoms with Crippen LogP contribution in [-0.2, 0) is 11.3 Å². The molecule has 94 valence electrons. The van der Waals surface area contributed by atoms with Crippen LogP contribution >= 0.6 is 31.9 Å². The van der Waals surface area contributed by atoms with Crippen molar-refractivity contribution in [3.63, 3.8) is 0 Å². The molecule has 0 aliphatic carbocycles. The van der Waals surface area contributed by atoms with Crippen molar-refractivity contribution in [2.45, 2.75) is 6.54 Å². The molecule has 3 N–H and O–H groups in total. The van der Waals surface area contributed by atoms with E-state index in [-0.39, 0.29) is 12.5 Å². The maximum absolute atomic E-state index is 11.8. The Balaban J connectivity index is 2.03. The summed E-state index contributed by atoms with van der Waals surface area (Å²) in [6.45, 7) is 0.108. The van der Waals surface area contributed by atoms with Crippen LogP contribution in [0.25, 0.3) is 0 Å². The molecule has 2 rings (SSSR count). The number of nitrogens with two attached hydrogens (primary N) is 1. The molecular formula is C11H10Br2N4O. The molecule has 7 heteroatoms. The Morgan fingerprint density at radius 1 is 1.33 bits per heavy atom. The second-order valence-corrected chi connectivity index (χ2v) is 5.30. The lowest BCUT2D eigenvalue weighted by Crippen LogP contribution is -2.19. The molecule has 1 aromatic carbocycles. The molecular weight excluding hydrogens is 364 g/mol. The Morgan fingerprint density at radius 2 is 2.06 bits per heavy atom. The van der Waals surface area contributed by atoms with Gasteiger partial charge in [-0.25, -0.2) is 0 Å². The maximum Gasteiger partial charge on any atom is 0.246 e. The Kier molecular flexibility index (Phi) is 4.03. The van der Waals surface area contributed by atoms with E-state index in [1.54, 1.807) is 6.20 Å². The fourth-order valence-electron chi connectivity index (χ4n) is 1.39. The first kappa shape index (κ1) is 13.1. The van der Waals surface area contributed by atoms with Crippen LogP contribution in [0.3, 0.4) is 0 Å². The normalized spacial score (nSPS) is 10.3. The van der Waals surface area contributed by atoms with Gasteiger partial charge in [-0.15, -0.1) is 0 Å². The SMILES string of the molecule is Nc1nn(CC(=O)Nc2ccccc2Br)cc1Br. The molecule has 18 heavy (non-hydrogen) atoms. The van der Waals surface area contributed by atoms with Gasteiger partial charge in [-0.05, 0) is 44.0 Å². The van der Waals surface area contributed by atoms with E-state index >= 15 is 0 Å². The van der Waals surface area contributed by atoms with Crippen LogP contribution < -0.4 is 11.1 Å². The number of nitrogens with one attached hydrogen (secondary N) is 1. The Bertz CT molecular complexity index is 563. The van der Waals surface area contributed by atoms with Crippen molar-refractivity contribution in [1.82, 2.24) is 9.78 Å². The van der Waals surface area contributed by atoms with Gasteiger partial charge in [-0.2, -0.15) is 5.10 Å². The first-order valence-corrected chi connectivity index (χ1v) is 6.67. The summed E-state index contributed by atoms with van der Waals surface area (Å²) in [7, 11) is 0. The molecule has 2 aromatic rings. The standard InChI is InChI=1S/C11H10Br2N4O/c12-7-3-1-2-4-9(7)15-10(18)6-17-5-8(13)11(14)16-17/h1-5H,6H2,(H2,14,16)(H,15,18). The van der Waals surface area contributed by atoms with E-state index in [4.69, 9.17) is 5.73 Å². The highest BCUT2D eigenvalue weighted by Crippen LogP contribution is 2.21. The largest absolute Gasteiger partial charge is 0.381 e. The Hall–Kier alpha value is -1.34. The van der Waals surface area contributed by atoms with Crippen LogP contribution in [0.4, 0.5) is 11.5 Å². The first-order valence-electron chi connectivity index (χ1n) is 5.09. The average molecular weight is 374 g/mol. The number of rotatable bonds is 3. The van der Waals surface area contributed by atoms with Crippen LogP contribution in [0.15, 0.2) is 39.4 Å². The van der Waals surface area contributed by atoms with Crippen LogP contribution in [0.1, 0.15) is 0 Å². The van der Waals surface area contributed by atoms with Crippen molar-refractivity contribution in [1.29, 1.82) is 0 Å². The number of hydrogen-bond donors (Lipinski definition) is 2. The number of para-hydroxylation sites is 1. The molecule has 1 heterocycles. The minimum Gasteiger partial charge on any atom is -0.381 e. The van der Waals surface area contributed by atoms with E-state index in [2.05, 4.69) is 42.3 Å². The summed E-state index contributed by atoms with van der Waals surface area (Å²) in [5, 5.41) is 6.77. The van der Waals surface area contributed by atoms with E-state index in [1.165, 1.54) is 4.68 Å². The molecule has 0 aliphatic heterocycles. The van der Waals surface area contributed by atoms with Gasteiger partial charge in [0.25, 0.3) is 0 Å². The number of carbonyl (C=O) groups excluding carboxylic acids is 1. The predicted octanol–water partition coefficient (Wildman–Crippen LogP) is 2.63. The van der Waals surface area contributed by atoms with Crippen LogP contribution in [0, 0.1) is 0 Å². The quantitative estimate of drug-likeness (QED) is 0.868. The number of hydrogen-bond acceptors (Lipinski definition) is 3. The molecule has 1 aromatic heterocycles. The van der Waals surface area contributed by atoms with Gasteiger partial charge < -0.3 is 11.1 Å². The molecule has 0 radical (unpaired) electrons. The average Bonchev–Trinajstić information content (AvgIpc) is 2.61. The van der Waals surface area contributed by atoms with Gasteiger partial charge in [0.05, 0.1) is 10.2 Å². The van der Waals surface area contributed by atoms with Gasteiger partial charge in [-0.3, -0.25) is 9.48 Å². The molecule has 0 atom stereocenters. The molecule has 0 saturated heterocycles. The number of halogens is 2. The zero-order valence-corrected chi connectivity index (χ0v) is 12.4. The van der Waals surface area contributed by atoms with Gasteiger partial charge >= 0.3 is 0 Å². The number of nitrogen functional groups attached to an aromatic ring is 1. The van der Waals surface area contributed by atoms with E-state index in [0.717, 1.165) is 10.2 Å². The lowest BCUT2D eigenvalue weighted by atomic mass is 10.3. The van der Waals surface area contributed by atoms with Gasteiger partial charge in [-0.1, -0.05) is 12.1 Å². The predicted molar refractivity (Wildman–Crippen MR) is 77.1 cm³/mol. The van der Waals surface area contributed by atoms with E-state index in [9.17, 15) is 4.79 Å². The van der Waals surface area contributed by atoms with E-state index < -0.39 is 0 Å². The van der Waals surface area contributed by atoms with E-state index in [1.807, 2.05) is 24.3 Å².